The number of piperidine rings is 1. The molecule has 0 radical (unpaired) electrons. The van der Waals surface area contributed by atoms with Crippen LogP contribution in [0.1, 0.15) is 6.42 Å². The molecule has 0 amide bonds. The summed E-state index contributed by atoms with van der Waals surface area (Å²) >= 11 is 2.38. The first kappa shape index (κ1) is 6.37. The van der Waals surface area contributed by atoms with Gasteiger partial charge in [0.1, 0.15) is 0 Å². The van der Waals surface area contributed by atoms with Crippen LogP contribution >= 0.6 is 22.9 Å². The molecule has 0 spiro atoms. The van der Waals surface area contributed by atoms with Crippen LogP contribution in [0.25, 0.3) is 0 Å². The summed E-state index contributed by atoms with van der Waals surface area (Å²) in [5, 5.41) is 0. The molecule has 2 saturated heterocycles. The topological polar surface area (TPSA) is 12.5 Å². The zero-order valence-electron chi connectivity index (χ0n) is 5.22. The SMILES string of the molecule is IN1CC2CO[C@@H](C2)C1. The average molecular weight is 239 g/mol. The molecule has 2 aliphatic rings. The van der Waals surface area contributed by atoms with Gasteiger partial charge in [0, 0.05) is 36.0 Å². The minimum atomic E-state index is 0.556. The van der Waals surface area contributed by atoms with Crippen LogP contribution < -0.4 is 0 Å². The molecule has 2 aliphatic heterocycles. The van der Waals surface area contributed by atoms with E-state index in [0.717, 1.165) is 19.1 Å². The lowest BCUT2D eigenvalue weighted by Gasteiger charge is -2.23. The zero-order valence-corrected chi connectivity index (χ0v) is 7.37. The highest BCUT2D eigenvalue weighted by Gasteiger charge is 2.32. The molecular formula is C6H10INO. The number of halogens is 1. The van der Waals surface area contributed by atoms with Gasteiger partial charge in [0.15, 0.2) is 0 Å². The molecule has 2 fully saturated rings. The molecule has 9 heavy (non-hydrogen) atoms. The van der Waals surface area contributed by atoms with Gasteiger partial charge in [-0.3, -0.25) is 0 Å². The zero-order chi connectivity index (χ0) is 6.27. The minimum Gasteiger partial charge on any atom is -0.377 e. The van der Waals surface area contributed by atoms with E-state index in [0.29, 0.717) is 6.10 Å². The molecule has 2 bridgehead atoms. The number of rotatable bonds is 0. The fraction of sp³-hybridized carbons (Fsp3) is 1.00. The minimum absolute atomic E-state index is 0.556. The summed E-state index contributed by atoms with van der Waals surface area (Å²) in [7, 11) is 0. The van der Waals surface area contributed by atoms with Crippen LogP contribution in [0, 0.1) is 5.92 Å². The summed E-state index contributed by atoms with van der Waals surface area (Å²) in [6.45, 7) is 3.37. The predicted octanol–water partition coefficient (Wildman–Crippen LogP) is 1.06. The molecule has 0 aromatic heterocycles. The van der Waals surface area contributed by atoms with Crippen molar-refractivity contribution in [2.75, 3.05) is 19.7 Å². The lowest BCUT2D eigenvalue weighted by Crippen LogP contribution is -2.32. The molecule has 2 rings (SSSR count). The van der Waals surface area contributed by atoms with Crippen molar-refractivity contribution in [3.05, 3.63) is 0 Å². The third-order valence-corrected chi connectivity index (χ3v) is 2.81. The second kappa shape index (κ2) is 2.36. The van der Waals surface area contributed by atoms with Gasteiger partial charge in [-0.25, -0.2) is 3.11 Å². The van der Waals surface area contributed by atoms with Gasteiger partial charge in [0.25, 0.3) is 0 Å². The van der Waals surface area contributed by atoms with E-state index in [1.165, 1.54) is 13.0 Å². The number of ether oxygens (including phenoxy) is 1. The van der Waals surface area contributed by atoms with Crippen molar-refractivity contribution in [3.8, 4) is 0 Å². The van der Waals surface area contributed by atoms with Gasteiger partial charge >= 0.3 is 0 Å². The van der Waals surface area contributed by atoms with Crippen LogP contribution in [0.3, 0.4) is 0 Å². The van der Waals surface area contributed by atoms with E-state index in [1.807, 2.05) is 0 Å². The molecule has 0 N–H and O–H groups in total. The Balaban J connectivity index is 2.03. The Hall–Kier alpha value is 0.650. The van der Waals surface area contributed by atoms with E-state index >= 15 is 0 Å². The normalized spacial score (nSPS) is 43.7. The number of nitrogens with zero attached hydrogens (tertiary/aromatic N) is 1. The molecule has 2 nitrogen and oxygen atoms in total. The number of hydrogen-bond donors (Lipinski definition) is 0. The maximum absolute atomic E-state index is 5.50. The van der Waals surface area contributed by atoms with Crippen molar-refractivity contribution in [1.82, 2.24) is 3.11 Å². The average Bonchev–Trinajstić information content (AvgIpc) is 2.11. The van der Waals surface area contributed by atoms with Crippen molar-refractivity contribution < 1.29 is 4.74 Å². The van der Waals surface area contributed by atoms with Crippen molar-refractivity contribution in [3.63, 3.8) is 0 Å². The molecule has 1 unspecified atom stereocenters. The molecule has 2 atom stereocenters. The first-order valence-electron chi connectivity index (χ1n) is 3.37. The van der Waals surface area contributed by atoms with Gasteiger partial charge in [0.05, 0.1) is 12.7 Å². The van der Waals surface area contributed by atoms with E-state index < -0.39 is 0 Å². The van der Waals surface area contributed by atoms with Gasteiger partial charge in [-0.05, 0) is 12.3 Å². The molecule has 0 aromatic rings. The summed E-state index contributed by atoms with van der Waals surface area (Å²) in [5.74, 6) is 0.834. The highest BCUT2D eigenvalue weighted by molar-refractivity contribution is 14.1. The fourth-order valence-electron chi connectivity index (χ4n) is 1.61. The summed E-state index contributed by atoms with van der Waals surface area (Å²) in [6.07, 6.45) is 1.86. The molecule has 3 heteroatoms. The third-order valence-electron chi connectivity index (χ3n) is 2.02. The van der Waals surface area contributed by atoms with E-state index in [-0.39, 0.29) is 0 Å². The van der Waals surface area contributed by atoms with Crippen molar-refractivity contribution in [2.45, 2.75) is 12.5 Å². The summed E-state index contributed by atoms with van der Waals surface area (Å²) in [6, 6.07) is 0. The monoisotopic (exact) mass is 239 g/mol. The van der Waals surface area contributed by atoms with Crippen LogP contribution in [0.15, 0.2) is 0 Å². The van der Waals surface area contributed by atoms with Gasteiger partial charge in [0.2, 0.25) is 0 Å². The smallest absolute Gasteiger partial charge is 0.0714 e. The maximum atomic E-state index is 5.50. The van der Waals surface area contributed by atoms with Gasteiger partial charge in [-0.2, -0.15) is 0 Å². The Morgan fingerprint density at radius 3 is 3.11 bits per heavy atom. The second-order valence-electron chi connectivity index (χ2n) is 2.88. The molecule has 0 aromatic carbocycles. The molecule has 0 saturated carbocycles. The van der Waals surface area contributed by atoms with Gasteiger partial charge in [-0.15, -0.1) is 0 Å². The van der Waals surface area contributed by atoms with E-state index in [9.17, 15) is 0 Å². The third kappa shape index (κ3) is 1.23. The second-order valence-corrected chi connectivity index (χ2v) is 4.25. The molecule has 0 aliphatic carbocycles. The van der Waals surface area contributed by atoms with Crippen LogP contribution in [0.4, 0.5) is 0 Å². The van der Waals surface area contributed by atoms with Crippen LogP contribution in [0.2, 0.25) is 0 Å². The Morgan fingerprint density at radius 2 is 2.33 bits per heavy atom. The lowest BCUT2D eigenvalue weighted by molar-refractivity contribution is 0.108. The van der Waals surface area contributed by atoms with Crippen LogP contribution in [0.5, 0.6) is 0 Å². The lowest BCUT2D eigenvalue weighted by atomic mass is 10.0. The molecule has 52 valence electrons. The van der Waals surface area contributed by atoms with Gasteiger partial charge < -0.3 is 4.74 Å². The Morgan fingerprint density at radius 1 is 1.44 bits per heavy atom. The quantitative estimate of drug-likeness (QED) is 0.463. The van der Waals surface area contributed by atoms with Gasteiger partial charge in [-0.1, -0.05) is 0 Å². The maximum Gasteiger partial charge on any atom is 0.0714 e. The predicted molar refractivity (Wildman–Crippen MR) is 43.4 cm³/mol. The van der Waals surface area contributed by atoms with E-state index in [4.69, 9.17) is 4.74 Å². The largest absolute Gasteiger partial charge is 0.377 e. The number of hydrogen-bond acceptors (Lipinski definition) is 2. The summed E-state index contributed by atoms with van der Waals surface area (Å²) in [4.78, 5) is 0. The van der Waals surface area contributed by atoms with Crippen molar-refractivity contribution in [2.24, 2.45) is 5.92 Å². The summed E-state index contributed by atoms with van der Waals surface area (Å²) < 4.78 is 7.84. The van der Waals surface area contributed by atoms with Crippen LogP contribution in [-0.2, 0) is 4.74 Å². The first-order chi connectivity index (χ1) is 4.34. The highest BCUT2D eigenvalue weighted by Crippen LogP contribution is 2.27. The Labute approximate surface area is 69.0 Å². The summed E-state index contributed by atoms with van der Waals surface area (Å²) in [5.41, 5.74) is 0. The molecular weight excluding hydrogens is 229 g/mol. The first-order valence-corrected chi connectivity index (χ1v) is 4.33. The molecule has 2 heterocycles. The Bertz CT molecular complexity index is 108. The Kier molecular flexibility index (Phi) is 1.67. The highest BCUT2D eigenvalue weighted by atomic mass is 127. The van der Waals surface area contributed by atoms with E-state index in [1.54, 1.807) is 0 Å². The number of fused-ring (bicyclic) bond motifs is 2. The van der Waals surface area contributed by atoms with Crippen LogP contribution in [-0.4, -0.2) is 28.9 Å². The van der Waals surface area contributed by atoms with Crippen molar-refractivity contribution in [1.29, 1.82) is 0 Å². The van der Waals surface area contributed by atoms with Crippen molar-refractivity contribution >= 4 is 22.9 Å². The standard InChI is InChI=1S/C6H10INO/c7-8-2-5-1-6(3-8)9-4-5/h5-6H,1-4H2/t5?,6-/m0/s1. The van der Waals surface area contributed by atoms with E-state index in [2.05, 4.69) is 26.0 Å². The fourth-order valence-corrected chi connectivity index (χ4v) is 2.61.